The number of aliphatic hydroxyl groups is 1. The Morgan fingerprint density at radius 1 is 1.19 bits per heavy atom. The Bertz CT molecular complexity index is 513. The highest BCUT2D eigenvalue weighted by Gasteiger charge is 2.31. The van der Waals surface area contributed by atoms with Crippen LogP contribution >= 0.6 is 34.8 Å². The molecular formula is C15H18Cl3NO2. The number of carbonyl (C=O) groups is 1. The van der Waals surface area contributed by atoms with E-state index in [0.29, 0.717) is 0 Å². The lowest BCUT2D eigenvalue weighted by atomic mass is 9.87. The van der Waals surface area contributed by atoms with Gasteiger partial charge in [-0.25, -0.2) is 0 Å². The van der Waals surface area contributed by atoms with Crippen LogP contribution in [0.2, 0.25) is 0 Å². The van der Waals surface area contributed by atoms with Crippen molar-refractivity contribution in [3.63, 3.8) is 0 Å². The van der Waals surface area contributed by atoms with Crippen molar-refractivity contribution in [1.82, 2.24) is 5.32 Å². The lowest BCUT2D eigenvalue weighted by molar-refractivity contribution is -0.119. The van der Waals surface area contributed by atoms with Crippen molar-refractivity contribution in [3.8, 4) is 0 Å². The second-order valence-electron chi connectivity index (χ2n) is 5.66. The van der Waals surface area contributed by atoms with Crippen LogP contribution in [0.25, 0.3) is 6.08 Å². The largest absolute Gasteiger partial charge is 0.369 e. The highest BCUT2D eigenvalue weighted by atomic mass is 35.6. The van der Waals surface area contributed by atoms with E-state index >= 15 is 0 Å². The minimum atomic E-state index is -1.96. The first-order valence-electron chi connectivity index (χ1n) is 6.34. The molecule has 1 unspecified atom stereocenters. The zero-order valence-corrected chi connectivity index (χ0v) is 14.3. The van der Waals surface area contributed by atoms with Gasteiger partial charge in [0.1, 0.15) is 0 Å². The molecule has 1 aromatic rings. The minimum absolute atomic E-state index is 0.0775. The number of alkyl halides is 3. The van der Waals surface area contributed by atoms with Crippen molar-refractivity contribution in [2.24, 2.45) is 0 Å². The van der Waals surface area contributed by atoms with Crippen LogP contribution in [-0.2, 0) is 10.2 Å². The summed E-state index contributed by atoms with van der Waals surface area (Å²) in [7, 11) is 0. The molecule has 2 N–H and O–H groups in total. The van der Waals surface area contributed by atoms with Gasteiger partial charge in [-0.1, -0.05) is 79.8 Å². The van der Waals surface area contributed by atoms with Gasteiger partial charge in [0.25, 0.3) is 0 Å². The van der Waals surface area contributed by atoms with Gasteiger partial charge in [0.2, 0.25) is 9.70 Å². The Hall–Kier alpha value is -0.740. The van der Waals surface area contributed by atoms with E-state index < -0.39 is 15.9 Å². The van der Waals surface area contributed by atoms with Gasteiger partial charge in [-0.15, -0.1) is 0 Å². The average molecular weight is 351 g/mol. The van der Waals surface area contributed by atoms with Gasteiger partial charge in [0.15, 0.2) is 6.23 Å². The van der Waals surface area contributed by atoms with Crippen LogP contribution in [0.1, 0.15) is 31.9 Å². The first-order chi connectivity index (χ1) is 9.50. The number of benzene rings is 1. The van der Waals surface area contributed by atoms with E-state index in [1.807, 2.05) is 24.3 Å². The fraction of sp³-hybridized carbons (Fsp3) is 0.400. The molecule has 0 aliphatic rings. The number of hydrogen-bond donors (Lipinski definition) is 2. The summed E-state index contributed by atoms with van der Waals surface area (Å²) in [5.41, 5.74) is 2.14. The summed E-state index contributed by atoms with van der Waals surface area (Å²) in [6.45, 7) is 6.39. The van der Waals surface area contributed by atoms with E-state index in [-0.39, 0.29) is 5.41 Å². The van der Waals surface area contributed by atoms with Gasteiger partial charge in [0, 0.05) is 6.08 Å². The van der Waals surface area contributed by atoms with E-state index in [0.717, 1.165) is 5.56 Å². The number of halogens is 3. The molecule has 0 fully saturated rings. The van der Waals surface area contributed by atoms with Gasteiger partial charge < -0.3 is 10.4 Å². The monoisotopic (exact) mass is 349 g/mol. The van der Waals surface area contributed by atoms with Crippen LogP contribution in [-0.4, -0.2) is 21.0 Å². The molecule has 6 heteroatoms. The predicted octanol–water partition coefficient (Wildman–Crippen LogP) is 3.80. The van der Waals surface area contributed by atoms with Crippen molar-refractivity contribution >= 4 is 46.8 Å². The van der Waals surface area contributed by atoms with Crippen LogP contribution in [0, 0.1) is 0 Å². The van der Waals surface area contributed by atoms with Crippen molar-refractivity contribution in [2.75, 3.05) is 0 Å². The Balaban J connectivity index is 2.67. The maximum absolute atomic E-state index is 11.6. The summed E-state index contributed by atoms with van der Waals surface area (Å²) in [4.78, 5) is 11.6. The van der Waals surface area contributed by atoms with Crippen molar-refractivity contribution < 1.29 is 9.90 Å². The highest BCUT2D eigenvalue weighted by molar-refractivity contribution is 6.68. The normalized spacial score (nSPS) is 14.2. The summed E-state index contributed by atoms with van der Waals surface area (Å²) < 4.78 is -1.96. The first-order valence-corrected chi connectivity index (χ1v) is 7.47. The summed E-state index contributed by atoms with van der Waals surface area (Å²) in [5.74, 6) is -0.547. The molecule has 0 saturated carbocycles. The van der Waals surface area contributed by atoms with Crippen LogP contribution in [0.4, 0.5) is 0 Å². The maximum Gasteiger partial charge on any atom is 0.246 e. The molecule has 116 valence electrons. The van der Waals surface area contributed by atoms with Gasteiger partial charge in [-0.2, -0.15) is 0 Å². The Labute approximate surface area is 139 Å². The summed E-state index contributed by atoms with van der Waals surface area (Å²) in [5, 5.41) is 11.6. The number of rotatable bonds is 3. The molecule has 0 aromatic heterocycles. The molecule has 1 amide bonds. The summed E-state index contributed by atoms with van der Waals surface area (Å²) >= 11 is 16.3. The Morgan fingerprint density at radius 3 is 2.14 bits per heavy atom. The quantitative estimate of drug-likeness (QED) is 0.495. The topological polar surface area (TPSA) is 49.3 Å². The molecule has 1 rings (SSSR count). The maximum atomic E-state index is 11.6. The third-order valence-corrected chi connectivity index (χ3v) is 3.41. The Kier molecular flexibility index (Phi) is 6.11. The molecular weight excluding hydrogens is 333 g/mol. The smallest absolute Gasteiger partial charge is 0.246 e. The van der Waals surface area contributed by atoms with E-state index in [1.165, 1.54) is 11.6 Å². The first kappa shape index (κ1) is 18.3. The molecule has 0 heterocycles. The molecule has 0 radical (unpaired) electrons. The highest BCUT2D eigenvalue weighted by Crippen LogP contribution is 2.28. The third-order valence-electron chi connectivity index (χ3n) is 2.79. The van der Waals surface area contributed by atoms with Crippen LogP contribution in [0.15, 0.2) is 30.3 Å². The molecule has 21 heavy (non-hydrogen) atoms. The van der Waals surface area contributed by atoms with Gasteiger partial charge in [0.05, 0.1) is 0 Å². The van der Waals surface area contributed by atoms with E-state index in [2.05, 4.69) is 26.1 Å². The molecule has 0 aliphatic heterocycles. The molecule has 1 atom stereocenters. The average Bonchev–Trinajstić information content (AvgIpc) is 2.34. The summed E-state index contributed by atoms with van der Waals surface area (Å²) in [6, 6.07) is 7.84. The second-order valence-corrected chi connectivity index (χ2v) is 8.03. The number of aliphatic hydroxyl groups excluding tert-OH is 1. The zero-order valence-electron chi connectivity index (χ0n) is 12.0. The summed E-state index contributed by atoms with van der Waals surface area (Å²) in [6.07, 6.45) is 1.32. The number of amides is 1. The number of hydrogen-bond acceptors (Lipinski definition) is 2. The minimum Gasteiger partial charge on any atom is -0.369 e. The Morgan fingerprint density at radius 2 is 1.71 bits per heavy atom. The number of carbonyl (C=O) groups excluding carboxylic acids is 1. The standard InChI is InChI=1S/C15H18Cl3NO2/c1-14(2,3)11-7-4-10(5-8-11)6-9-12(20)19-13(21)15(16,17)18/h4-9,13,21H,1-3H3,(H,19,20). The van der Waals surface area contributed by atoms with Crippen LogP contribution in [0.5, 0.6) is 0 Å². The fourth-order valence-corrected chi connectivity index (χ4v) is 1.69. The lowest BCUT2D eigenvalue weighted by Gasteiger charge is -2.19. The van der Waals surface area contributed by atoms with Gasteiger partial charge in [-0.3, -0.25) is 4.79 Å². The molecule has 1 aromatic carbocycles. The zero-order chi connectivity index (χ0) is 16.3. The van der Waals surface area contributed by atoms with Crippen LogP contribution < -0.4 is 5.32 Å². The van der Waals surface area contributed by atoms with Crippen molar-refractivity contribution in [2.45, 2.75) is 36.2 Å². The van der Waals surface area contributed by atoms with Crippen LogP contribution in [0.3, 0.4) is 0 Å². The van der Waals surface area contributed by atoms with E-state index in [9.17, 15) is 9.90 Å². The van der Waals surface area contributed by atoms with E-state index in [4.69, 9.17) is 34.8 Å². The van der Waals surface area contributed by atoms with Gasteiger partial charge in [-0.05, 0) is 22.6 Å². The predicted molar refractivity (Wildman–Crippen MR) is 88.6 cm³/mol. The SMILES string of the molecule is CC(C)(C)c1ccc(C=CC(=O)NC(O)C(Cl)(Cl)Cl)cc1. The molecule has 0 bridgehead atoms. The van der Waals surface area contributed by atoms with Crippen molar-refractivity contribution in [1.29, 1.82) is 0 Å². The molecule has 0 saturated heterocycles. The third kappa shape index (κ3) is 6.27. The molecule has 3 nitrogen and oxygen atoms in total. The van der Waals surface area contributed by atoms with E-state index in [1.54, 1.807) is 6.08 Å². The molecule has 0 spiro atoms. The number of nitrogens with one attached hydrogen (secondary N) is 1. The van der Waals surface area contributed by atoms with Gasteiger partial charge >= 0.3 is 0 Å². The lowest BCUT2D eigenvalue weighted by Crippen LogP contribution is -2.42. The fourth-order valence-electron chi connectivity index (χ4n) is 1.53. The van der Waals surface area contributed by atoms with Crippen molar-refractivity contribution in [3.05, 3.63) is 41.5 Å². The molecule has 0 aliphatic carbocycles. The second kappa shape index (κ2) is 7.01.